The minimum absolute atomic E-state index is 0.177. The molecular weight excluding hydrogens is 295 g/mol. The molecule has 0 N–H and O–H groups in total. The van der Waals surface area contributed by atoms with Crippen LogP contribution in [0.15, 0.2) is 30.5 Å². The molecule has 1 fully saturated rings. The maximum absolute atomic E-state index is 13.0. The summed E-state index contributed by atoms with van der Waals surface area (Å²) in [7, 11) is 1.66. The van der Waals surface area contributed by atoms with Gasteiger partial charge in [0.1, 0.15) is 11.5 Å². The van der Waals surface area contributed by atoms with Crippen LogP contribution < -0.4 is 0 Å². The Morgan fingerprint density at radius 1 is 1.30 bits per heavy atom. The smallest absolute Gasteiger partial charge is 0.123 e. The topological polar surface area (TPSA) is 43.2 Å². The maximum Gasteiger partial charge on any atom is 0.123 e. The number of rotatable bonds is 6. The first-order valence-corrected chi connectivity index (χ1v) is 8.07. The highest BCUT2D eigenvalue weighted by Crippen LogP contribution is 2.20. The largest absolute Gasteiger partial charge is 0.378 e. The fourth-order valence-electron chi connectivity index (χ4n) is 3.20. The Balaban J connectivity index is 1.54. The highest BCUT2D eigenvalue weighted by atomic mass is 19.1. The van der Waals surface area contributed by atoms with Gasteiger partial charge in [-0.05, 0) is 43.0 Å². The van der Waals surface area contributed by atoms with Gasteiger partial charge in [0, 0.05) is 26.7 Å². The van der Waals surface area contributed by atoms with E-state index in [1.807, 2.05) is 23.0 Å². The molecule has 0 saturated carbocycles. The van der Waals surface area contributed by atoms with Gasteiger partial charge in [-0.2, -0.15) is 0 Å². The molecule has 1 atom stereocenters. The van der Waals surface area contributed by atoms with Gasteiger partial charge in [0.25, 0.3) is 0 Å². The van der Waals surface area contributed by atoms with E-state index < -0.39 is 0 Å². The summed E-state index contributed by atoms with van der Waals surface area (Å²) >= 11 is 0. The summed E-state index contributed by atoms with van der Waals surface area (Å²) in [5, 5.41) is 8.28. The highest BCUT2D eigenvalue weighted by Gasteiger charge is 2.21. The molecule has 1 aromatic heterocycles. The van der Waals surface area contributed by atoms with E-state index in [1.165, 1.54) is 25.0 Å². The minimum atomic E-state index is -0.177. The van der Waals surface area contributed by atoms with Gasteiger partial charge < -0.3 is 4.74 Å². The quantitative estimate of drug-likeness (QED) is 0.821. The Kier molecular flexibility index (Phi) is 5.35. The third kappa shape index (κ3) is 4.59. The molecule has 1 aliphatic rings. The maximum atomic E-state index is 13.0. The van der Waals surface area contributed by atoms with E-state index in [9.17, 15) is 4.39 Å². The average molecular weight is 318 g/mol. The Bertz CT molecular complexity index is 613. The van der Waals surface area contributed by atoms with E-state index in [-0.39, 0.29) is 5.82 Å². The number of aromatic nitrogens is 3. The number of benzene rings is 1. The molecule has 23 heavy (non-hydrogen) atoms. The lowest BCUT2D eigenvalue weighted by molar-refractivity contribution is 0.152. The van der Waals surface area contributed by atoms with Crippen molar-refractivity contribution in [3.05, 3.63) is 47.5 Å². The van der Waals surface area contributed by atoms with Gasteiger partial charge in [-0.1, -0.05) is 17.3 Å². The molecule has 124 valence electrons. The fourth-order valence-corrected chi connectivity index (χ4v) is 3.20. The molecule has 0 spiro atoms. The predicted molar refractivity (Wildman–Crippen MR) is 85.1 cm³/mol. The van der Waals surface area contributed by atoms with Crippen LogP contribution in [0.25, 0.3) is 0 Å². The molecular formula is C17H23FN4O. The Hall–Kier alpha value is -1.79. The summed E-state index contributed by atoms with van der Waals surface area (Å²) in [6, 6.07) is 6.80. The lowest BCUT2D eigenvalue weighted by Crippen LogP contribution is -2.36. The SMILES string of the molecule is COCc1cn(C[C@@H]2CCCN(Cc3ccc(F)cc3)C2)nn1. The molecule has 2 heterocycles. The summed E-state index contributed by atoms with van der Waals surface area (Å²) in [4.78, 5) is 2.44. The van der Waals surface area contributed by atoms with E-state index in [0.29, 0.717) is 12.5 Å². The number of nitrogens with zero attached hydrogens (tertiary/aromatic N) is 4. The standard InChI is InChI=1S/C17H23FN4O/c1-23-13-17-12-22(20-19-17)11-15-3-2-8-21(10-15)9-14-4-6-16(18)7-5-14/h4-7,12,15H,2-3,8-11,13H2,1H3/t15-/m1/s1. The number of methoxy groups -OCH3 is 1. The second-order valence-electron chi connectivity index (χ2n) is 6.23. The second kappa shape index (κ2) is 7.66. The van der Waals surface area contributed by atoms with E-state index in [2.05, 4.69) is 15.2 Å². The van der Waals surface area contributed by atoms with Gasteiger partial charge in [-0.15, -0.1) is 5.10 Å². The highest BCUT2D eigenvalue weighted by molar-refractivity contribution is 5.15. The van der Waals surface area contributed by atoms with Crippen LogP contribution in [0.2, 0.25) is 0 Å². The zero-order chi connectivity index (χ0) is 16.1. The van der Waals surface area contributed by atoms with Crippen molar-refractivity contribution in [3.63, 3.8) is 0 Å². The van der Waals surface area contributed by atoms with Crippen molar-refractivity contribution in [1.82, 2.24) is 19.9 Å². The van der Waals surface area contributed by atoms with Gasteiger partial charge >= 0.3 is 0 Å². The van der Waals surface area contributed by atoms with Gasteiger partial charge in [0.15, 0.2) is 0 Å². The normalized spacial score (nSPS) is 19.1. The lowest BCUT2D eigenvalue weighted by Gasteiger charge is -2.32. The second-order valence-corrected chi connectivity index (χ2v) is 6.23. The van der Waals surface area contributed by atoms with Crippen molar-refractivity contribution in [1.29, 1.82) is 0 Å². The third-order valence-corrected chi connectivity index (χ3v) is 4.25. The molecule has 1 aliphatic heterocycles. The summed E-state index contributed by atoms with van der Waals surface area (Å²) < 4.78 is 20.0. The van der Waals surface area contributed by atoms with Crippen LogP contribution in [0.3, 0.4) is 0 Å². The summed E-state index contributed by atoms with van der Waals surface area (Å²) in [6.07, 6.45) is 4.35. The number of piperidine rings is 1. The molecule has 0 bridgehead atoms. The van der Waals surface area contributed by atoms with Crippen molar-refractivity contribution in [3.8, 4) is 0 Å². The zero-order valence-electron chi connectivity index (χ0n) is 13.5. The van der Waals surface area contributed by atoms with Crippen LogP contribution in [0.4, 0.5) is 4.39 Å². The summed E-state index contributed by atoms with van der Waals surface area (Å²) in [5.74, 6) is 0.393. The number of ether oxygens (including phenoxy) is 1. The first-order chi connectivity index (χ1) is 11.2. The molecule has 5 nitrogen and oxygen atoms in total. The van der Waals surface area contributed by atoms with E-state index in [0.717, 1.165) is 37.4 Å². The van der Waals surface area contributed by atoms with Crippen molar-refractivity contribution in [2.24, 2.45) is 5.92 Å². The number of likely N-dealkylation sites (tertiary alicyclic amines) is 1. The molecule has 2 aromatic rings. The van der Waals surface area contributed by atoms with Crippen molar-refractivity contribution >= 4 is 0 Å². The molecule has 3 rings (SSSR count). The number of hydrogen-bond acceptors (Lipinski definition) is 4. The molecule has 0 radical (unpaired) electrons. The van der Waals surface area contributed by atoms with Crippen LogP contribution in [-0.2, 0) is 24.4 Å². The first-order valence-electron chi connectivity index (χ1n) is 8.07. The molecule has 0 aliphatic carbocycles. The van der Waals surface area contributed by atoms with Crippen molar-refractivity contribution in [2.75, 3.05) is 20.2 Å². The third-order valence-electron chi connectivity index (χ3n) is 4.25. The predicted octanol–water partition coefficient (Wildman–Crippen LogP) is 2.48. The minimum Gasteiger partial charge on any atom is -0.378 e. The Labute approximate surface area is 136 Å². The van der Waals surface area contributed by atoms with Crippen LogP contribution >= 0.6 is 0 Å². The zero-order valence-corrected chi connectivity index (χ0v) is 13.5. The van der Waals surface area contributed by atoms with Crippen molar-refractivity contribution in [2.45, 2.75) is 32.5 Å². The summed E-state index contributed by atoms with van der Waals surface area (Å²) in [6.45, 7) is 4.40. The molecule has 6 heteroatoms. The fraction of sp³-hybridized carbons (Fsp3) is 0.529. The Morgan fingerprint density at radius 2 is 2.13 bits per heavy atom. The first kappa shape index (κ1) is 16.1. The van der Waals surface area contributed by atoms with Gasteiger partial charge in [0.2, 0.25) is 0 Å². The lowest BCUT2D eigenvalue weighted by atomic mass is 9.97. The van der Waals surface area contributed by atoms with Crippen LogP contribution in [0, 0.1) is 11.7 Å². The molecule has 0 unspecified atom stereocenters. The van der Waals surface area contributed by atoms with Crippen LogP contribution in [0.5, 0.6) is 0 Å². The van der Waals surface area contributed by atoms with E-state index in [4.69, 9.17) is 4.74 Å². The monoisotopic (exact) mass is 318 g/mol. The summed E-state index contributed by atoms with van der Waals surface area (Å²) in [5.41, 5.74) is 2.03. The van der Waals surface area contributed by atoms with E-state index >= 15 is 0 Å². The van der Waals surface area contributed by atoms with Gasteiger partial charge in [-0.3, -0.25) is 9.58 Å². The number of hydrogen-bond donors (Lipinski definition) is 0. The van der Waals surface area contributed by atoms with Crippen molar-refractivity contribution < 1.29 is 9.13 Å². The average Bonchev–Trinajstić information content (AvgIpc) is 2.98. The number of halogens is 1. The van der Waals surface area contributed by atoms with Crippen LogP contribution in [-0.4, -0.2) is 40.1 Å². The molecule has 1 aromatic carbocycles. The van der Waals surface area contributed by atoms with E-state index in [1.54, 1.807) is 7.11 Å². The van der Waals surface area contributed by atoms with Crippen LogP contribution in [0.1, 0.15) is 24.1 Å². The van der Waals surface area contributed by atoms with Gasteiger partial charge in [0.05, 0.1) is 12.8 Å². The molecule has 0 amide bonds. The molecule has 1 saturated heterocycles. The van der Waals surface area contributed by atoms with Gasteiger partial charge in [-0.25, -0.2) is 4.39 Å². The Morgan fingerprint density at radius 3 is 2.91 bits per heavy atom.